The molecule has 0 heterocycles. The Bertz CT molecular complexity index is 430. The van der Waals surface area contributed by atoms with Crippen LogP contribution in [-0.2, 0) is 0 Å². The lowest BCUT2D eigenvalue weighted by atomic mass is 9.65. The van der Waals surface area contributed by atoms with Crippen molar-refractivity contribution in [3.63, 3.8) is 0 Å². The second kappa shape index (κ2) is 13.8. The van der Waals surface area contributed by atoms with E-state index in [1.54, 1.807) is 25.7 Å². The molecule has 0 radical (unpaired) electrons. The summed E-state index contributed by atoms with van der Waals surface area (Å²) in [6.45, 7) is 4.59. The van der Waals surface area contributed by atoms with Crippen LogP contribution in [0.15, 0.2) is 24.3 Å². The van der Waals surface area contributed by atoms with Crippen LogP contribution in [0.3, 0.4) is 0 Å². The number of hydrogen-bond acceptors (Lipinski definition) is 0. The highest BCUT2D eigenvalue weighted by molar-refractivity contribution is 4.94. The van der Waals surface area contributed by atoms with Gasteiger partial charge in [0.15, 0.2) is 0 Å². The SMILES string of the molecule is CCCC/C=C/C1CCC(C2CCC(C3CCC(/C=C/CCCC)CC3)CC2)CC1. The Balaban J connectivity index is 1.30. The normalized spacial score (nSPS) is 35.9. The van der Waals surface area contributed by atoms with Gasteiger partial charge in [0.2, 0.25) is 0 Å². The summed E-state index contributed by atoms with van der Waals surface area (Å²) in [7, 11) is 0. The van der Waals surface area contributed by atoms with Crippen molar-refractivity contribution in [3.05, 3.63) is 24.3 Å². The van der Waals surface area contributed by atoms with Crippen LogP contribution in [0.4, 0.5) is 0 Å². The highest BCUT2D eigenvalue weighted by Crippen LogP contribution is 2.46. The summed E-state index contributed by atoms with van der Waals surface area (Å²) in [5.74, 6) is 6.08. The monoisotopic (exact) mass is 412 g/mol. The summed E-state index contributed by atoms with van der Waals surface area (Å²) in [5.41, 5.74) is 0. The molecule has 0 aromatic rings. The molecule has 0 aliphatic heterocycles. The molecule has 0 heteroatoms. The van der Waals surface area contributed by atoms with E-state index in [9.17, 15) is 0 Å². The Morgan fingerprint density at radius 3 is 1.07 bits per heavy atom. The van der Waals surface area contributed by atoms with E-state index in [-0.39, 0.29) is 0 Å². The molecular weight excluding hydrogens is 360 g/mol. The molecule has 30 heavy (non-hydrogen) atoms. The molecule has 0 aromatic carbocycles. The molecule has 0 nitrogen and oxygen atoms in total. The average Bonchev–Trinajstić information content (AvgIpc) is 2.81. The summed E-state index contributed by atoms with van der Waals surface area (Å²) in [6, 6.07) is 0. The zero-order chi connectivity index (χ0) is 21.0. The van der Waals surface area contributed by atoms with Crippen molar-refractivity contribution in [1.29, 1.82) is 0 Å². The Hall–Kier alpha value is -0.520. The summed E-state index contributed by atoms with van der Waals surface area (Å²) in [6.07, 6.45) is 36.3. The Morgan fingerprint density at radius 2 is 0.767 bits per heavy atom. The van der Waals surface area contributed by atoms with Gasteiger partial charge < -0.3 is 0 Å². The van der Waals surface area contributed by atoms with Crippen LogP contribution in [0.2, 0.25) is 0 Å². The molecule has 0 atom stereocenters. The molecule has 0 N–H and O–H groups in total. The van der Waals surface area contributed by atoms with Gasteiger partial charge in [0.1, 0.15) is 0 Å². The van der Waals surface area contributed by atoms with E-state index < -0.39 is 0 Å². The van der Waals surface area contributed by atoms with E-state index in [1.807, 2.05) is 0 Å². The third kappa shape index (κ3) is 7.87. The molecule has 0 bridgehead atoms. The predicted octanol–water partition coefficient (Wildman–Crippen LogP) is 9.90. The van der Waals surface area contributed by atoms with Crippen molar-refractivity contribution in [3.8, 4) is 0 Å². The average molecular weight is 413 g/mol. The second-order valence-electron chi connectivity index (χ2n) is 11.2. The summed E-state index contributed by atoms with van der Waals surface area (Å²) in [4.78, 5) is 0. The molecule has 0 amide bonds. The first-order valence-corrected chi connectivity index (χ1v) is 14.1. The minimum absolute atomic E-state index is 0.903. The zero-order valence-electron chi connectivity index (χ0n) is 20.5. The number of rotatable bonds is 10. The molecule has 0 unspecified atom stereocenters. The van der Waals surface area contributed by atoms with Gasteiger partial charge in [-0.15, -0.1) is 0 Å². The molecule has 0 aromatic heterocycles. The largest absolute Gasteiger partial charge is 0.0883 e. The summed E-state index contributed by atoms with van der Waals surface area (Å²) < 4.78 is 0. The smallest absolute Gasteiger partial charge is 0.0233 e. The van der Waals surface area contributed by atoms with Crippen molar-refractivity contribution < 1.29 is 0 Å². The van der Waals surface area contributed by atoms with E-state index in [0.717, 1.165) is 35.5 Å². The van der Waals surface area contributed by atoms with Gasteiger partial charge in [-0.05, 0) is 125 Å². The lowest BCUT2D eigenvalue weighted by Gasteiger charge is -2.41. The fourth-order valence-corrected chi connectivity index (χ4v) is 6.93. The van der Waals surface area contributed by atoms with Crippen LogP contribution in [0.1, 0.15) is 129 Å². The molecule has 0 saturated heterocycles. The van der Waals surface area contributed by atoms with Crippen LogP contribution in [0, 0.1) is 35.5 Å². The second-order valence-corrected chi connectivity index (χ2v) is 11.2. The maximum absolute atomic E-state index is 2.57. The summed E-state index contributed by atoms with van der Waals surface area (Å²) >= 11 is 0. The van der Waals surface area contributed by atoms with Crippen LogP contribution in [-0.4, -0.2) is 0 Å². The van der Waals surface area contributed by atoms with Gasteiger partial charge in [-0.1, -0.05) is 63.8 Å². The maximum Gasteiger partial charge on any atom is -0.0233 e. The van der Waals surface area contributed by atoms with Crippen LogP contribution < -0.4 is 0 Å². The molecule has 0 spiro atoms. The lowest BCUT2D eigenvalue weighted by Crippen LogP contribution is -2.29. The van der Waals surface area contributed by atoms with Crippen LogP contribution >= 0.6 is 0 Å². The fraction of sp³-hybridized carbons (Fsp3) is 0.867. The Labute approximate surface area is 189 Å². The van der Waals surface area contributed by atoms with Crippen molar-refractivity contribution in [2.24, 2.45) is 35.5 Å². The van der Waals surface area contributed by atoms with E-state index in [1.165, 1.54) is 89.9 Å². The standard InChI is InChI=1S/C30H52/c1-3-5-7-9-11-25-13-17-27(18-14-25)29-21-23-30(24-22-29)28-19-15-26(16-20-28)12-10-8-6-4-2/h9-12,25-30H,3-8,13-24H2,1-2H3/b11-9+,12-10+. The van der Waals surface area contributed by atoms with Gasteiger partial charge in [0, 0.05) is 0 Å². The van der Waals surface area contributed by atoms with Gasteiger partial charge in [-0.3, -0.25) is 0 Å². The van der Waals surface area contributed by atoms with Gasteiger partial charge in [0.25, 0.3) is 0 Å². The molecule has 172 valence electrons. The van der Waals surface area contributed by atoms with Gasteiger partial charge >= 0.3 is 0 Å². The van der Waals surface area contributed by atoms with Crippen LogP contribution in [0.25, 0.3) is 0 Å². The summed E-state index contributed by atoms with van der Waals surface area (Å²) in [5, 5.41) is 0. The molecule has 3 aliphatic rings. The number of allylic oxidation sites excluding steroid dienone is 4. The third-order valence-corrected chi connectivity index (χ3v) is 9.05. The minimum Gasteiger partial charge on any atom is -0.0883 e. The molecule has 3 rings (SSSR count). The first-order valence-electron chi connectivity index (χ1n) is 14.1. The molecule has 3 saturated carbocycles. The number of hydrogen-bond donors (Lipinski definition) is 0. The van der Waals surface area contributed by atoms with Crippen molar-refractivity contribution >= 4 is 0 Å². The van der Waals surface area contributed by atoms with E-state index in [4.69, 9.17) is 0 Å². The molecular formula is C30H52. The topological polar surface area (TPSA) is 0 Å². The lowest BCUT2D eigenvalue weighted by molar-refractivity contribution is 0.112. The van der Waals surface area contributed by atoms with Crippen molar-refractivity contribution in [1.82, 2.24) is 0 Å². The van der Waals surface area contributed by atoms with Crippen molar-refractivity contribution in [2.75, 3.05) is 0 Å². The van der Waals surface area contributed by atoms with E-state index >= 15 is 0 Å². The predicted molar refractivity (Wildman–Crippen MR) is 134 cm³/mol. The third-order valence-electron chi connectivity index (χ3n) is 9.05. The molecule has 3 aliphatic carbocycles. The quantitative estimate of drug-likeness (QED) is 0.247. The van der Waals surface area contributed by atoms with Gasteiger partial charge in [-0.25, -0.2) is 0 Å². The van der Waals surface area contributed by atoms with Gasteiger partial charge in [-0.2, -0.15) is 0 Å². The van der Waals surface area contributed by atoms with Gasteiger partial charge in [0.05, 0.1) is 0 Å². The van der Waals surface area contributed by atoms with E-state index in [0.29, 0.717) is 0 Å². The zero-order valence-corrected chi connectivity index (χ0v) is 20.5. The maximum atomic E-state index is 2.57. The first kappa shape index (κ1) is 24.1. The fourth-order valence-electron chi connectivity index (χ4n) is 6.93. The highest BCUT2D eigenvalue weighted by atomic mass is 14.4. The molecule has 3 fully saturated rings. The highest BCUT2D eigenvalue weighted by Gasteiger charge is 2.34. The number of unbranched alkanes of at least 4 members (excludes halogenated alkanes) is 4. The van der Waals surface area contributed by atoms with Crippen LogP contribution in [0.5, 0.6) is 0 Å². The Kier molecular flexibility index (Phi) is 11.1. The van der Waals surface area contributed by atoms with Crippen molar-refractivity contribution in [2.45, 2.75) is 129 Å². The van der Waals surface area contributed by atoms with E-state index in [2.05, 4.69) is 38.2 Å². The Morgan fingerprint density at radius 1 is 0.467 bits per heavy atom. The first-order chi connectivity index (χ1) is 14.8. The minimum atomic E-state index is 0.903.